The molecule has 1 aliphatic carbocycles. The highest BCUT2D eigenvalue weighted by Crippen LogP contribution is 2.37. The molecular weight excluding hydrogens is 196 g/mol. The summed E-state index contributed by atoms with van der Waals surface area (Å²) < 4.78 is 0. The molecule has 0 aromatic heterocycles. The van der Waals surface area contributed by atoms with Crippen LogP contribution in [0.3, 0.4) is 0 Å². The van der Waals surface area contributed by atoms with E-state index < -0.39 is 0 Å². The molecule has 1 N–H and O–H groups in total. The lowest BCUT2D eigenvalue weighted by Gasteiger charge is -2.41. The van der Waals surface area contributed by atoms with Gasteiger partial charge >= 0.3 is 0 Å². The van der Waals surface area contributed by atoms with Crippen molar-refractivity contribution in [3.05, 3.63) is 0 Å². The number of nitrogens with one attached hydrogen (secondary N) is 1. The van der Waals surface area contributed by atoms with Gasteiger partial charge in [-0.05, 0) is 49.6 Å². The molecule has 2 aliphatic heterocycles. The van der Waals surface area contributed by atoms with Gasteiger partial charge in [-0.2, -0.15) is 0 Å². The Morgan fingerprint density at radius 3 is 2.06 bits per heavy atom. The molecule has 0 bridgehead atoms. The first-order chi connectivity index (χ1) is 7.75. The lowest BCUT2D eigenvalue weighted by molar-refractivity contribution is 0.0836. The zero-order chi connectivity index (χ0) is 11.1. The monoisotopic (exact) mass is 222 g/mol. The summed E-state index contributed by atoms with van der Waals surface area (Å²) in [6, 6.07) is 0.888. The normalized spacial score (nSPS) is 49.5. The minimum Gasteiger partial charge on any atom is -0.316 e. The van der Waals surface area contributed by atoms with Crippen LogP contribution in [0.15, 0.2) is 0 Å². The van der Waals surface area contributed by atoms with Crippen LogP contribution in [-0.2, 0) is 0 Å². The summed E-state index contributed by atoms with van der Waals surface area (Å²) in [5.41, 5.74) is 0. The molecule has 3 aliphatic rings. The third-order valence-corrected chi connectivity index (χ3v) is 5.32. The van der Waals surface area contributed by atoms with Gasteiger partial charge in [0.25, 0.3) is 0 Å². The summed E-state index contributed by atoms with van der Waals surface area (Å²) in [5.74, 6) is 3.77. The third-order valence-electron chi connectivity index (χ3n) is 5.32. The first kappa shape index (κ1) is 11.0. The summed E-state index contributed by atoms with van der Waals surface area (Å²) in [6.45, 7) is 10.3. The molecule has 1 saturated carbocycles. The highest BCUT2D eigenvalue weighted by Gasteiger charge is 2.42. The van der Waals surface area contributed by atoms with Crippen LogP contribution in [-0.4, -0.2) is 37.1 Å². The van der Waals surface area contributed by atoms with Crippen LogP contribution < -0.4 is 5.32 Å². The number of hydrogen-bond acceptors (Lipinski definition) is 2. The second-order valence-corrected chi connectivity index (χ2v) is 6.51. The van der Waals surface area contributed by atoms with Crippen molar-refractivity contribution in [2.75, 3.05) is 26.2 Å². The van der Waals surface area contributed by atoms with Crippen molar-refractivity contribution in [3.63, 3.8) is 0 Å². The van der Waals surface area contributed by atoms with Gasteiger partial charge in [0.05, 0.1) is 0 Å². The zero-order valence-corrected chi connectivity index (χ0v) is 10.8. The largest absolute Gasteiger partial charge is 0.316 e. The molecule has 2 heteroatoms. The Labute approximate surface area is 99.8 Å². The Morgan fingerprint density at radius 1 is 0.938 bits per heavy atom. The number of nitrogens with zero attached hydrogens (tertiary/aromatic N) is 1. The summed E-state index contributed by atoms with van der Waals surface area (Å²) >= 11 is 0. The molecule has 3 rings (SSSR count). The summed E-state index contributed by atoms with van der Waals surface area (Å²) in [5, 5.41) is 3.54. The van der Waals surface area contributed by atoms with E-state index in [9.17, 15) is 0 Å². The van der Waals surface area contributed by atoms with Crippen molar-refractivity contribution in [1.29, 1.82) is 0 Å². The van der Waals surface area contributed by atoms with E-state index >= 15 is 0 Å². The van der Waals surface area contributed by atoms with Crippen LogP contribution in [0, 0.1) is 23.7 Å². The van der Waals surface area contributed by atoms with Crippen molar-refractivity contribution in [3.8, 4) is 0 Å². The van der Waals surface area contributed by atoms with Crippen LogP contribution in [0.4, 0.5) is 0 Å². The highest BCUT2D eigenvalue weighted by atomic mass is 15.2. The van der Waals surface area contributed by atoms with E-state index in [-0.39, 0.29) is 0 Å². The van der Waals surface area contributed by atoms with E-state index in [4.69, 9.17) is 0 Å². The van der Waals surface area contributed by atoms with Crippen LogP contribution in [0.2, 0.25) is 0 Å². The van der Waals surface area contributed by atoms with Gasteiger partial charge in [-0.1, -0.05) is 20.3 Å². The molecule has 0 spiro atoms. The minimum absolute atomic E-state index is 0.888. The molecule has 2 nitrogen and oxygen atoms in total. The van der Waals surface area contributed by atoms with Gasteiger partial charge in [-0.15, -0.1) is 0 Å². The minimum atomic E-state index is 0.888. The Morgan fingerprint density at radius 2 is 1.50 bits per heavy atom. The average molecular weight is 222 g/mol. The quantitative estimate of drug-likeness (QED) is 0.729. The lowest BCUT2D eigenvalue weighted by atomic mass is 9.78. The summed E-state index contributed by atoms with van der Waals surface area (Å²) in [6.07, 6.45) is 4.37. The van der Waals surface area contributed by atoms with Gasteiger partial charge in [0.1, 0.15) is 0 Å². The maximum Gasteiger partial charge on any atom is 0.0147 e. The van der Waals surface area contributed by atoms with E-state index in [0.29, 0.717) is 0 Å². The van der Waals surface area contributed by atoms with Gasteiger partial charge in [-0.25, -0.2) is 0 Å². The molecular formula is C14H26N2. The van der Waals surface area contributed by atoms with E-state index in [0.717, 1.165) is 29.7 Å². The van der Waals surface area contributed by atoms with Gasteiger partial charge in [0.2, 0.25) is 0 Å². The number of hydrogen-bond donors (Lipinski definition) is 1. The maximum atomic E-state index is 3.54. The van der Waals surface area contributed by atoms with Gasteiger partial charge in [-0.3, -0.25) is 4.90 Å². The van der Waals surface area contributed by atoms with E-state index in [1.54, 1.807) is 0 Å². The fourth-order valence-electron chi connectivity index (χ4n) is 4.52. The van der Waals surface area contributed by atoms with Crippen molar-refractivity contribution < 1.29 is 0 Å². The molecule has 3 fully saturated rings. The molecule has 0 radical (unpaired) electrons. The Balaban J connectivity index is 1.68. The highest BCUT2D eigenvalue weighted by molar-refractivity contribution is 4.96. The Hall–Kier alpha value is -0.0800. The second kappa shape index (κ2) is 4.30. The molecule has 2 heterocycles. The lowest BCUT2D eigenvalue weighted by Crippen LogP contribution is -2.46. The van der Waals surface area contributed by atoms with E-state index in [2.05, 4.69) is 24.1 Å². The Kier molecular flexibility index (Phi) is 2.97. The van der Waals surface area contributed by atoms with E-state index in [1.807, 2.05) is 0 Å². The topological polar surface area (TPSA) is 15.3 Å². The summed E-state index contributed by atoms with van der Waals surface area (Å²) in [4.78, 5) is 2.84. The van der Waals surface area contributed by atoms with Crippen molar-refractivity contribution in [2.24, 2.45) is 23.7 Å². The summed E-state index contributed by atoms with van der Waals surface area (Å²) in [7, 11) is 0. The smallest absolute Gasteiger partial charge is 0.0147 e. The molecule has 0 aromatic carbocycles. The SMILES string of the molecule is CC1CCCC(C)C1N1C[C@H]2CNC[C@H]2C1. The predicted octanol–water partition coefficient (Wildman–Crippen LogP) is 1.96. The molecule has 0 amide bonds. The molecule has 4 atom stereocenters. The molecule has 92 valence electrons. The first-order valence-corrected chi connectivity index (χ1v) is 7.20. The average Bonchev–Trinajstić information content (AvgIpc) is 2.77. The fourth-order valence-corrected chi connectivity index (χ4v) is 4.52. The molecule has 0 aromatic rings. The predicted molar refractivity (Wildman–Crippen MR) is 67.4 cm³/mol. The maximum absolute atomic E-state index is 3.54. The zero-order valence-electron chi connectivity index (χ0n) is 10.8. The van der Waals surface area contributed by atoms with Crippen molar-refractivity contribution >= 4 is 0 Å². The van der Waals surface area contributed by atoms with Gasteiger partial charge in [0.15, 0.2) is 0 Å². The fraction of sp³-hybridized carbons (Fsp3) is 1.00. The van der Waals surface area contributed by atoms with Gasteiger partial charge in [0, 0.05) is 19.1 Å². The first-order valence-electron chi connectivity index (χ1n) is 7.20. The van der Waals surface area contributed by atoms with Crippen molar-refractivity contribution in [2.45, 2.75) is 39.2 Å². The van der Waals surface area contributed by atoms with Crippen LogP contribution in [0.1, 0.15) is 33.1 Å². The number of likely N-dealkylation sites (tertiary alicyclic amines) is 1. The number of rotatable bonds is 1. The van der Waals surface area contributed by atoms with Crippen LogP contribution in [0.5, 0.6) is 0 Å². The van der Waals surface area contributed by atoms with Gasteiger partial charge < -0.3 is 5.32 Å². The van der Waals surface area contributed by atoms with E-state index in [1.165, 1.54) is 45.4 Å². The standard InChI is InChI=1S/C14H26N2/c1-10-4-3-5-11(2)14(10)16-8-12-6-15-7-13(12)9-16/h10-15H,3-9H2,1-2H3/t10?,11?,12-,13+,14?. The second-order valence-electron chi connectivity index (χ2n) is 6.51. The molecule has 2 unspecified atom stereocenters. The Bertz CT molecular complexity index is 231. The molecule has 2 saturated heterocycles. The molecule has 16 heavy (non-hydrogen) atoms. The number of fused-ring (bicyclic) bond motifs is 1. The third kappa shape index (κ3) is 1.80. The van der Waals surface area contributed by atoms with Crippen LogP contribution >= 0.6 is 0 Å². The van der Waals surface area contributed by atoms with Crippen LogP contribution in [0.25, 0.3) is 0 Å². The van der Waals surface area contributed by atoms with Crippen molar-refractivity contribution in [1.82, 2.24) is 10.2 Å².